The van der Waals surface area contributed by atoms with Crippen LogP contribution in [-0.2, 0) is 0 Å². The van der Waals surface area contributed by atoms with Crippen molar-refractivity contribution in [2.24, 2.45) is 0 Å². The molecule has 3 N–H and O–H groups in total. The molecular formula is H6BBaLiLuO3. The topological polar surface area (TPSA) is 60.7 Å². The van der Waals surface area contributed by atoms with Gasteiger partial charge >= 0.3 is 75.1 Å². The van der Waals surface area contributed by atoms with Crippen molar-refractivity contribution in [1.82, 2.24) is 0 Å². The first-order chi connectivity index (χ1) is 1.73. The molecule has 3 nitrogen and oxygen atoms in total. The van der Waals surface area contributed by atoms with Gasteiger partial charge in [0.15, 0.2) is 0 Å². The molecule has 0 aromatic rings. The van der Waals surface area contributed by atoms with E-state index in [1.165, 1.54) is 0 Å². The molecule has 0 aromatic heterocycles. The third kappa shape index (κ3) is 45.0. The zero-order valence-electron chi connectivity index (χ0n) is 2.18. The molecule has 0 atom stereocenters. The molecule has 0 aliphatic carbocycles. The first kappa shape index (κ1) is 22.4. The van der Waals surface area contributed by atoms with Crippen LogP contribution in [0.2, 0.25) is 0 Å². The van der Waals surface area contributed by atoms with Gasteiger partial charge in [-0.25, -0.2) is 0 Å². The Balaban J connectivity index is -0.0000000150. The van der Waals surface area contributed by atoms with E-state index in [1.54, 1.807) is 0 Å². The summed E-state index contributed by atoms with van der Waals surface area (Å²) in [5, 5.41) is 21.5. The SMILES string of the molecule is OB(O)O.[BaH2].[LiH].[Lu]. The summed E-state index contributed by atoms with van der Waals surface area (Å²) < 4.78 is 0. The molecule has 0 amide bonds. The van der Waals surface area contributed by atoms with E-state index < -0.39 is 7.32 Å². The minimum absolute atomic E-state index is 0. The monoisotopic (exact) mass is 385 g/mol. The smallest absolute Gasteiger partial charge is 0 e. The number of hydrogen-bond acceptors (Lipinski definition) is 3. The summed E-state index contributed by atoms with van der Waals surface area (Å²) in [6, 6.07) is 0. The maximum atomic E-state index is 7.17. The Kier molecular flexibility index (Phi) is 51.8. The largest absolute Gasteiger partial charge is 0 e. The summed E-state index contributed by atoms with van der Waals surface area (Å²) in [6.07, 6.45) is 0. The van der Waals surface area contributed by atoms with E-state index in [2.05, 4.69) is 0 Å². The fourth-order valence-corrected chi connectivity index (χ4v) is 0. The molecule has 7 heavy (non-hydrogen) atoms. The van der Waals surface area contributed by atoms with Crippen LogP contribution in [-0.4, -0.2) is 90.1 Å². The van der Waals surface area contributed by atoms with Gasteiger partial charge in [0.05, 0.1) is 0 Å². The van der Waals surface area contributed by atoms with E-state index in [0.29, 0.717) is 0 Å². The van der Waals surface area contributed by atoms with Gasteiger partial charge in [0, 0.05) is 36.9 Å². The average Bonchev–Trinajstić information content (AvgIpc) is 0.811. The molecule has 0 aliphatic heterocycles. The molecule has 0 saturated carbocycles. The van der Waals surface area contributed by atoms with E-state index in [0.717, 1.165) is 0 Å². The zero-order chi connectivity index (χ0) is 3.58. The van der Waals surface area contributed by atoms with Gasteiger partial charge in [-0.3, -0.25) is 0 Å². The molecule has 1 radical (unpaired) electrons. The van der Waals surface area contributed by atoms with E-state index in [-0.39, 0.29) is 105 Å². The third-order valence-corrected chi connectivity index (χ3v) is 0. The maximum absolute atomic E-state index is 7.17. The molecule has 0 fully saturated rings. The van der Waals surface area contributed by atoms with Gasteiger partial charge < -0.3 is 15.1 Å². The van der Waals surface area contributed by atoms with Gasteiger partial charge in [0.25, 0.3) is 0 Å². The Morgan fingerprint density at radius 2 is 1.00 bits per heavy atom. The number of rotatable bonds is 0. The van der Waals surface area contributed by atoms with Crippen molar-refractivity contribution in [3.63, 3.8) is 0 Å². The first-order valence-corrected chi connectivity index (χ1v) is 0.775. The molecule has 0 spiro atoms. The molecule has 0 heterocycles. The summed E-state index contributed by atoms with van der Waals surface area (Å²) in [7, 11) is -2.17. The normalized spacial score (nSPS) is 3.86. The van der Waals surface area contributed by atoms with Crippen LogP contribution in [0, 0.1) is 36.9 Å². The molecule has 0 saturated heterocycles. The average molecular weight is 384 g/mol. The van der Waals surface area contributed by atoms with E-state index >= 15 is 0 Å². The zero-order valence-corrected chi connectivity index (χ0v) is 3.83. The Bertz CT molecular complexity index is 19.7. The summed E-state index contributed by atoms with van der Waals surface area (Å²) >= 11 is 0. The van der Waals surface area contributed by atoms with Crippen molar-refractivity contribution in [1.29, 1.82) is 0 Å². The van der Waals surface area contributed by atoms with Crippen molar-refractivity contribution >= 4 is 75.1 Å². The van der Waals surface area contributed by atoms with Gasteiger partial charge in [-0.15, -0.1) is 0 Å². The second-order valence-corrected chi connectivity index (χ2v) is 0.346. The molecule has 7 heteroatoms. The molecule has 0 unspecified atom stereocenters. The van der Waals surface area contributed by atoms with Crippen molar-refractivity contribution in [3.8, 4) is 0 Å². The summed E-state index contributed by atoms with van der Waals surface area (Å²) in [6.45, 7) is 0. The second-order valence-electron chi connectivity index (χ2n) is 0.346. The van der Waals surface area contributed by atoms with Crippen molar-refractivity contribution in [2.75, 3.05) is 0 Å². The Morgan fingerprint density at radius 1 is 1.00 bits per heavy atom. The van der Waals surface area contributed by atoms with Gasteiger partial charge in [0.2, 0.25) is 0 Å². The van der Waals surface area contributed by atoms with E-state index in [9.17, 15) is 0 Å². The standard InChI is InChI=1S/BH3O3.Ba.Li.Lu.3H/c2-1(3)4;;;;;;/h2-4H;;;;;;. The van der Waals surface area contributed by atoms with Crippen LogP contribution in [0.15, 0.2) is 0 Å². The second kappa shape index (κ2) is 16.2. The van der Waals surface area contributed by atoms with Gasteiger partial charge in [-0.1, -0.05) is 0 Å². The molecule has 45 valence electrons. The van der Waals surface area contributed by atoms with Gasteiger partial charge in [-0.2, -0.15) is 0 Å². The third-order valence-electron chi connectivity index (χ3n) is 0. The minimum atomic E-state index is -2.17. The fourth-order valence-electron chi connectivity index (χ4n) is 0. The first-order valence-electron chi connectivity index (χ1n) is 0.775. The molecular weight excluding hydrogens is 378 g/mol. The van der Waals surface area contributed by atoms with E-state index in [4.69, 9.17) is 15.1 Å². The van der Waals surface area contributed by atoms with Crippen LogP contribution >= 0.6 is 0 Å². The van der Waals surface area contributed by atoms with Crippen molar-refractivity contribution in [2.45, 2.75) is 0 Å². The molecule has 0 bridgehead atoms. The van der Waals surface area contributed by atoms with Crippen LogP contribution in [0.3, 0.4) is 0 Å². The summed E-state index contributed by atoms with van der Waals surface area (Å²) in [4.78, 5) is 0. The predicted octanol–water partition coefficient (Wildman–Crippen LogP) is -3.62. The van der Waals surface area contributed by atoms with Crippen LogP contribution in [0.1, 0.15) is 0 Å². The van der Waals surface area contributed by atoms with Crippen LogP contribution in [0.4, 0.5) is 0 Å². The maximum Gasteiger partial charge on any atom is 0 e. The van der Waals surface area contributed by atoms with Crippen molar-refractivity contribution in [3.05, 3.63) is 0 Å². The van der Waals surface area contributed by atoms with Gasteiger partial charge in [-0.05, 0) is 0 Å². The van der Waals surface area contributed by atoms with Crippen LogP contribution < -0.4 is 0 Å². The van der Waals surface area contributed by atoms with Crippen LogP contribution in [0.25, 0.3) is 0 Å². The summed E-state index contributed by atoms with van der Waals surface area (Å²) in [5.74, 6) is 0. The molecule has 0 rings (SSSR count). The quantitative estimate of drug-likeness (QED) is 0.378. The summed E-state index contributed by atoms with van der Waals surface area (Å²) in [5.41, 5.74) is 0. The number of hydrogen-bond donors (Lipinski definition) is 3. The Hall–Kier alpha value is 3.35. The fraction of sp³-hybridized carbons (Fsp3) is 0. The Labute approximate surface area is 124 Å². The van der Waals surface area contributed by atoms with Crippen LogP contribution in [0.5, 0.6) is 0 Å². The minimum Gasteiger partial charge on any atom is 0 e. The molecule has 0 aliphatic rings. The van der Waals surface area contributed by atoms with Gasteiger partial charge in [0.1, 0.15) is 0 Å². The van der Waals surface area contributed by atoms with E-state index in [1.807, 2.05) is 0 Å². The molecule has 0 aromatic carbocycles. The Morgan fingerprint density at radius 3 is 1.00 bits per heavy atom. The van der Waals surface area contributed by atoms with Crippen molar-refractivity contribution < 1.29 is 51.9 Å². The predicted molar refractivity (Wildman–Crippen MR) is 28.1 cm³/mol.